The minimum atomic E-state index is -4.40. The normalized spacial score (nSPS) is 12.5. The number of hydrogen-bond donors (Lipinski definition) is 1. The van der Waals surface area contributed by atoms with Crippen LogP contribution in [0.5, 0.6) is 0 Å². The highest BCUT2D eigenvalue weighted by atomic mass is 28.4. The molecule has 0 unspecified atom stereocenters. The molecule has 132 valence electrons. The molecule has 0 aliphatic rings. The summed E-state index contributed by atoms with van der Waals surface area (Å²) in [4.78, 5) is 11.3. The van der Waals surface area contributed by atoms with Crippen molar-refractivity contribution < 1.29 is 40.4 Å². The average molecular weight is 351 g/mol. The molecule has 22 heavy (non-hydrogen) atoms. The van der Waals surface area contributed by atoms with Gasteiger partial charge in [-0.3, -0.25) is 0 Å². The van der Waals surface area contributed by atoms with Gasteiger partial charge in [-0.05, 0) is 20.8 Å². The van der Waals surface area contributed by atoms with Crippen LogP contribution in [-0.4, -0.2) is 59.8 Å². The molecule has 0 spiro atoms. The van der Waals surface area contributed by atoms with Gasteiger partial charge < -0.3 is 23.3 Å². The van der Waals surface area contributed by atoms with Crippen molar-refractivity contribution >= 4 is 14.9 Å². The molecule has 1 N–H and O–H groups in total. The van der Waals surface area contributed by atoms with Crippen molar-refractivity contribution in [2.45, 2.75) is 33.1 Å². The van der Waals surface area contributed by atoms with E-state index in [1.807, 2.05) is 0 Å². The number of amides is 1. The molecule has 0 radical (unpaired) electrons. The van der Waals surface area contributed by atoms with Crippen molar-refractivity contribution in [3.8, 4) is 0 Å². The molecule has 11 heteroatoms. The lowest BCUT2D eigenvalue weighted by atomic mass is 10.4. The highest BCUT2D eigenvalue weighted by Gasteiger charge is 2.43. The summed E-state index contributed by atoms with van der Waals surface area (Å²) in [6, 6.07) is 0. The number of halogens is 4. The molecular weight excluding hydrogens is 330 g/mol. The van der Waals surface area contributed by atoms with Gasteiger partial charge in [0.05, 0.1) is 6.17 Å². The van der Waals surface area contributed by atoms with Crippen molar-refractivity contribution in [1.29, 1.82) is 0 Å². The van der Waals surface area contributed by atoms with Gasteiger partial charge in [0.2, 0.25) is 0 Å². The molecular formula is C11H21F4NO5Si. The zero-order chi connectivity index (χ0) is 17.2. The monoisotopic (exact) mass is 351 g/mol. The molecule has 0 aromatic carbocycles. The van der Waals surface area contributed by atoms with E-state index < -0.39 is 33.9 Å². The quantitative estimate of drug-likeness (QED) is 0.457. The first-order valence-electron chi connectivity index (χ1n) is 6.71. The molecule has 0 bridgehead atoms. The Morgan fingerprint density at radius 2 is 1.55 bits per heavy atom. The fraction of sp³-hybridized carbons (Fsp3) is 0.909. The maximum absolute atomic E-state index is 12.6. The van der Waals surface area contributed by atoms with Crippen LogP contribution in [0.15, 0.2) is 0 Å². The fourth-order valence-electron chi connectivity index (χ4n) is 1.39. The summed E-state index contributed by atoms with van der Waals surface area (Å²) < 4.78 is 69.4. The Balaban J connectivity index is 4.48. The maximum Gasteiger partial charge on any atom is 0.521 e. The Bertz CT molecular complexity index is 319. The smallest absolute Gasteiger partial charge is 0.443 e. The minimum Gasteiger partial charge on any atom is -0.443 e. The highest BCUT2D eigenvalue weighted by molar-refractivity contribution is 6.61. The van der Waals surface area contributed by atoms with Gasteiger partial charge in [-0.2, -0.15) is 8.78 Å². The first-order chi connectivity index (χ1) is 10.2. The van der Waals surface area contributed by atoms with Gasteiger partial charge >= 0.3 is 27.2 Å². The Kier molecular flexibility index (Phi) is 9.56. The number of rotatable bonds is 11. The number of hydrogen-bond acceptors (Lipinski definition) is 5. The van der Waals surface area contributed by atoms with Crippen molar-refractivity contribution in [1.82, 2.24) is 5.32 Å². The van der Waals surface area contributed by atoms with E-state index in [1.54, 1.807) is 20.8 Å². The zero-order valence-corrected chi connectivity index (χ0v) is 13.7. The van der Waals surface area contributed by atoms with Crippen molar-refractivity contribution in [3.63, 3.8) is 0 Å². The molecule has 0 aromatic heterocycles. The van der Waals surface area contributed by atoms with Crippen LogP contribution in [0.25, 0.3) is 0 Å². The number of ether oxygens (including phenoxy) is 1. The van der Waals surface area contributed by atoms with Crippen LogP contribution in [0.1, 0.15) is 20.8 Å². The number of alkyl halides is 4. The van der Waals surface area contributed by atoms with Gasteiger partial charge in [-0.1, -0.05) is 0 Å². The van der Waals surface area contributed by atoms with E-state index in [-0.39, 0.29) is 26.0 Å². The van der Waals surface area contributed by atoms with Crippen LogP contribution in [0, 0.1) is 0 Å². The number of carbonyl (C=O) groups is 1. The van der Waals surface area contributed by atoms with Crippen LogP contribution in [0.3, 0.4) is 0 Å². The number of alkyl carbamates (subject to hydrolysis) is 1. The Morgan fingerprint density at radius 3 is 1.91 bits per heavy atom. The second-order valence-corrected chi connectivity index (χ2v) is 6.56. The molecule has 0 saturated heterocycles. The maximum atomic E-state index is 12.6. The first-order valence-corrected chi connectivity index (χ1v) is 8.64. The SMILES string of the molecule is CCO[Si](CNC(=O)OCC(F)(F)C(F)F)(OCC)OCC. The van der Waals surface area contributed by atoms with Crippen LogP contribution in [0.4, 0.5) is 22.4 Å². The van der Waals surface area contributed by atoms with E-state index in [4.69, 9.17) is 13.3 Å². The number of carbonyl (C=O) groups excluding carboxylic acids is 1. The Labute approximate surface area is 127 Å². The topological polar surface area (TPSA) is 66.0 Å². The summed E-state index contributed by atoms with van der Waals surface area (Å²) >= 11 is 0. The molecule has 0 aliphatic heterocycles. The van der Waals surface area contributed by atoms with Gasteiger partial charge in [0.15, 0.2) is 6.61 Å². The van der Waals surface area contributed by atoms with Gasteiger partial charge in [-0.25, -0.2) is 13.6 Å². The van der Waals surface area contributed by atoms with Gasteiger partial charge in [0.25, 0.3) is 0 Å². The largest absolute Gasteiger partial charge is 0.521 e. The highest BCUT2D eigenvalue weighted by Crippen LogP contribution is 2.22. The zero-order valence-electron chi connectivity index (χ0n) is 12.7. The lowest BCUT2D eigenvalue weighted by molar-refractivity contribution is -0.153. The van der Waals surface area contributed by atoms with Crippen molar-refractivity contribution in [3.05, 3.63) is 0 Å². The predicted molar refractivity (Wildman–Crippen MR) is 70.9 cm³/mol. The lowest BCUT2D eigenvalue weighted by Crippen LogP contribution is -2.55. The second kappa shape index (κ2) is 9.97. The summed E-state index contributed by atoms with van der Waals surface area (Å²) in [7, 11) is -3.20. The van der Waals surface area contributed by atoms with Crippen LogP contribution < -0.4 is 5.32 Å². The Hall–Kier alpha value is -0.913. The molecule has 6 nitrogen and oxygen atoms in total. The van der Waals surface area contributed by atoms with E-state index in [0.29, 0.717) is 0 Å². The third-order valence-electron chi connectivity index (χ3n) is 2.26. The fourth-order valence-corrected chi connectivity index (χ4v) is 3.63. The van der Waals surface area contributed by atoms with E-state index in [9.17, 15) is 22.4 Å². The molecule has 0 aromatic rings. The van der Waals surface area contributed by atoms with Gasteiger partial charge in [0, 0.05) is 19.8 Å². The summed E-state index contributed by atoms with van der Waals surface area (Å²) in [5.41, 5.74) is 0. The molecule has 0 fully saturated rings. The standard InChI is InChI=1S/C11H21F4NO5Si/c1-4-19-22(20-5-2,21-6-3)8-16-10(17)18-7-11(14,15)9(12)13/h9H,4-8H2,1-3H3,(H,16,17). The molecule has 1 amide bonds. The van der Waals surface area contributed by atoms with Crippen LogP contribution in [0.2, 0.25) is 0 Å². The minimum absolute atomic E-state index is 0.221. The van der Waals surface area contributed by atoms with Gasteiger partial charge in [-0.15, -0.1) is 0 Å². The summed E-state index contributed by atoms with van der Waals surface area (Å²) in [6.07, 6.45) is -5.41. The van der Waals surface area contributed by atoms with E-state index in [2.05, 4.69) is 10.1 Å². The second-order valence-electron chi connectivity index (χ2n) is 3.97. The first kappa shape index (κ1) is 21.1. The third-order valence-corrected chi connectivity index (χ3v) is 5.05. The predicted octanol–water partition coefficient (Wildman–Crippen LogP) is 2.20. The lowest BCUT2D eigenvalue weighted by Gasteiger charge is -2.28. The summed E-state index contributed by atoms with van der Waals surface area (Å²) in [5, 5.41) is 2.14. The average Bonchev–Trinajstić information content (AvgIpc) is 2.44. The molecule has 0 saturated carbocycles. The van der Waals surface area contributed by atoms with Crippen molar-refractivity contribution in [2.75, 3.05) is 32.6 Å². The third kappa shape index (κ3) is 7.38. The molecule has 0 heterocycles. The van der Waals surface area contributed by atoms with E-state index in [1.165, 1.54) is 0 Å². The van der Waals surface area contributed by atoms with Crippen LogP contribution in [-0.2, 0) is 18.0 Å². The summed E-state index contributed by atoms with van der Waals surface area (Å²) in [5.74, 6) is -4.40. The van der Waals surface area contributed by atoms with E-state index >= 15 is 0 Å². The summed E-state index contributed by atoms with van der Waals surface area (Å²) in [6.45, 7) is 4.14. The van der Waals surface area contributed by atoms with Gasteiger partial charge in [0.1, 0.15) is 0 Å². The van der Waals surface area contributed by atoms with Crippen LogP contribution >= 0.6 is 0 Å². The van der Waals surface area contributed by atoms with E-state index in [0.717, 1.165) is 0 Å². The van der Waals surface area contributed by atoms with Crippen molar-refractivity contribution in [2.24, 2.45) is 0 Å². The Morgan fingerprint density at radius 1 is 1.09 bits per heavy atom. The number of nitrogens with one attached hydrogen (secondary N) is 1. The molecule has 0 atom stereocenters. The molecule has 0 rings (SSSR count). The molecule has 0 aliphatic carbocycles.